The predicted octanol–water partition coefficient (Wildman–Crippen LogP) is 2.92. The van der Waals surface area contributed by atoms with Crippen molar-refractivity contribution in [3.8, 4) is 0 Å². The fourth-order valence-electron chi connectivity index (χ4n) is 1.36. The number of ether oxygens (including phenoxy) is 1. The number of rotatable bonds is 8. The van der Waals surface area contributed by atoms with E-state index in [1.807, 2.05) is 30.3 Å². The minimum Gasteiger partial charge on any atom is -0.466 e. The number of carbonyl (C=O) groups excluding carboxylic acids is 1. The van der Waals surface area contributed by atoms with Crippen LogP contribution in [0.25, 0.3) is 0 Å². The number of esters is 1. The van der Waals surface area contributed by atoms with Crippen molar-refractivity contribution < 1.29 is 14.4 Å². The topological polar surface area (TPSA) is 47.9 Å². The summed E-state index contributed by atoms with van der Waals surface area (Å²) in [7, 11) is 0. The summed E-state index contributed by atoms with van der Waals surface area (Å²) in [5, 5.41) is 3.83. The highest BCUT2D eigenvalue weighted by Gasteiger charge is 1.99. The molecule has 0 N–H and O–H groups in total. The van der Waals surface area contributed by atoms with Crippen LogP contribution in [0.4, 0.5) is 0 Å². The molecule has 0 spiro atoms. The number of carbonyl (C=O) groups is 1. The van der Waals surface area contributed by atoms with Crippen LogP contribution in [0.5, 0.6) is 0 Å². The lowest BCUT2D eigenvalue weighted by Crippen LogP contribution is -2.03. The molecule has 0 aliphatic rings. The highest BCUT2D eigenvalue weighted by molar-refractivity contribution is 5.69. The number of hydrogen-bond donors (Lipinski definition) is 0. The van der Waals surface area contributed by atoms with Gasteiger partial charge < -0.3 is 9.57 Å². The molecular formula is C14H19NO3. The van der Waals surface area contributed by atoms with E-state index in [4.69, 9.17) is 9.57 Å². The van der Waals surface area contributed by atoms with Crippen LogP contribution in [-0.4, -0.2) is 18.8 Å². The van der Waals surface area contributed by atoms with E-state index in [1.165, 1.54) is 0 Å². The minimum absolute atomic E-state index is 0.156. The van der Waals surface area contributed by atoms with Gasteiger partial charge in [0.2, 0.25) is 0 Å². The Morgan fingerprint density at radius 2 is 2.11 bits per heavy atom. The molecule has 0 aliphatic heterocycles. The third kappa shape index (κ3) is 6.68. The van der Waals surface area contributed by atoms with Gasteiger partial charge in [-0.25, -0.2) is 0 Å². The molecule has 0 aromatic heterocycles. The molecule has 0 fully saturated rings. The first-order chi connectivity index (χ1) is 8.83. The fourth-order valence-corrected chi connectivity index (χ4v) is 1.36. The SMILES string of the molecule is CCOC(=O)CCC/C=N/OCc1ccccc1. The van der Waals surface area contributed by atoms with Gasteiger partial charge in [0.1, 0.15) is 6.61 Å². The molecule has 4 nitrogen and oxygen atoms in total. The Bertz CT molecular complexity index is 363. The first-order valence-electron chi connectivity index (χ1n) is 6.16. The zero-order chi connectivity index (χ0) is 13.1. The molecule has 4 heteroatoms. The number of nitrogens with zero attached hydrogens (tertiary/aromatic N) is 1. The van der Waals surface area contributed by atoms with E-state index < -0.39 is 0 Å². The summed E-state index contributed by atoms with van der Waals surface area (Å²) in [6.07, 6.45) is 3.56. The van der Waals surface area contributed by atoms with Gasteiger partial charge in [0, 0.05) is 12.6 Å². The second-order valence-electron chi connectivity index (χ2n) is 3.74. The molecule has 0 unspecified atom stereocenters. The molecular weight excluding hydrogens is 230 g/mol. The van der Waals surface area contributed by atoms with Crippen molar-refractivity contribution in [2.75, 3.05) is 6.61 Å². The van der Waals surface area contributed by atoms with Gasteiger partial charge in [-0.1, -0.05) is 35.5 Å². The van der Waals surface area contributed by atoms with Crippen LogP contribution in [0.2, 0.25) is 0 Å². The molecule has 0 radical (unpaired) electrons. The van der Waals surface area contributed by atoms with Crippen LogP contribution < -0.4 is 0 Å². The van der Waals surface area contributed by atoms with E-state index in [0.29, 0.717) is 26.1 Å². The third-order valence-electron chi connectivity index (χ3n) is 2.24. The Kier molecular flexibility index (Phi) is 7.28. The van der Waals surface area contributed by atoms with Crippen molar-refractivity contribution in [3.05, 3.63) is 35.9 Å². The third-order valence-corrected chi connectivity index (χ3v) is 2.24. The summed E-state index contributed by atoms with van der Waals surface area (Å²) in [6, 6.07) is 9.85. The van der Waals surface area contributed by atoms with Crippen LogP contribution in [-0.2, 0) is 21.0 Å². The molecule has 1 aromatic carbocycles. The summed E-state index contributed by atoms with van der Waals surface area (Å²) >= 11 is 0. The van der Waals surface area contributed by atoms with E-state index in [9.17, 15) is 4.79 Å². The summed E-state index contributed by atoms with van der Waals surface area (Å²) < 4.78 is 4.81. The summed E-state index contributed by atoms with van der Waals surface area (Å²) in [6.45, 7) is 2.71. The molecule has 1 aromatic rings. The van der Waals surface area contributed by atoms with Crippen LogP contribution in [0.3, 0.4) is 0 Å². The molecule has 98 valence electrons. The Labute approximate surface area is 108 Å². The van der Waals surface area contributed by atoms with Crippen molar-refractivity contribution in [3.63, 3.8) is 0 Å². The molecule has 18 heavy (non-hydrogen) atoms. The van der Waals surface area contributed by atoms with Gasteiger partial charge in [-0.3, -0.25) is 4.79 Å². The smallest absolute Gasteiger partial charge is 0.305 e. The van der Waals surface area contributed by atoms with Gasteiger partial charge in [-0.05, 0) is 25.3 Å². The monoisotopic (exact) mass is 249 g/mol. The van der Waals surface area contributed by atoms with Gasteiger partial charge in [0.25, 0.3) is 0 Å². The lowest BCUT2D eigenvalue weighted by molar-refractivity contribution is -0.143. The predicted molar refractivity (Wildman–Crippen MR) is 70.2 cm³/mol. The van der Waals surface area contributed by atoms with Crippen LogP contribution in [0.1, 0.15) is 31.7 Å². The molecule has 0 saturated carbocycles. The van der Waals surface area contributed by atoms with Crippen LogP contribution in [0.15, 0.2) is 35.5 Å². The lowest BCUT2D eigenvalue weighted by Gasteiger charge is -2.00. The number of hydrogen-bond acceptors (Lipinski definition) is 4. The number of unbranched alkanes of at least 4 members (excludes halogenated alkanes) is 1. The zero-order valence-corrected chi connectivity index (χ0v) is 10.7. The van der Waals surface area contributed by atoms with Gasteiger partial charge in [0.05, 0.1) is 6.61 Å². The Morgan fingerprint density at radius 1 is 1.33 bits per heavy atom. The average molecular weight is 249 g/mol. The number of oxime groups is 1. The highest BCUT2D eigenvalue weighted by Crippen LogP contribution is 2.01. The van der Waals surface area contributed by atoms with Crippen molar-refractivity contribution in [2.24, 2.45) is 5.16 Å². The molecule has 0 aliphatic carbocycles. The lowest BCUT2D eigenvalue weighted by atomic mass is 10.2. The average Bonchev–Trinajstić information content (AvgIpc) is 2.39. The maximum absolute atomic E-state index is 11.0. The summed E-state index contributed by atoms with van der Waals surface area (Å²) in [5.74, 6) is -0.156. The quantitative estimate of drug-likeness (QED) is 0.308. The van der Waals surface area contributed by atoms with E-state index in [0.717, 1.165) is 12.0 Å². The van der Waals surface area contributed by atoms with Gasteiger partial charge >= 0.3 is 5.97 Å². The summed E-state index contributed by atoms with van der Waals surface area (Å²) in [4.78, 5) is 16.1. The second-order valence-corrected chi connectivity index (χ2v) is 3.74. The van der Waals surface area contributed by atoms with E-state index in [1.54, 1.807) is 13.1 Å². The van der Waals surface area contributed by atoms with E-state index in [-0.39, 0.29) is 5.97 Å². The van der Waals surface area contributed by atoms with Crippen molar-refractivity contribution >= 4 is 12.2 Å². The largest absolute Gasteiger partial charge is 0.466 e. The maximum Gasteiger partial charge on any atom is 0.305 e. The minimum atomic E-state index is -0.156. The first kappa shape index (κ1) is 14.2. The van der Waals surface area contributed by atoms with E-state index >= 15 is 0 Å². The number of benzene rings is 1. The molecule has 0 saturated heterocycles. The van der Waals surface area contributed by atoms with Crippen LogP contribution in [0, 0.1) is 0 Å². The molecule has 0 atom stereocenters. The Morgan fingerprint density at radius 3 is 2.83 bits per heavy atom. The first-order valence-corrected chi connectivity index (χ1v) is 6.16. The Hall–Kier alpha value is -1.84. The molecule has 0 bridgehead atoms. The zero-order valence-electron chi connectivity index (χ0n) is 10.7. The van der Waals surface area contributed by atoms with Crippen LogP contribution >= 0.6 is 0 Å². The second kappa shape index (κ2) is 9.22. The van der Waals surface area contributed by atoms with Crippen molar-refractivity contribution in [1.29, 1.82) is 0 Å². The van der Waals surface area contributed by atoms with E-state index in [2.05, 4.69) is 5.16 Å². The Balaban J connectivity index is 2.03. The van der Waals surface area contributed by atoms with Crippen molar-refractivity contribution in [2.45, 2.75) is 32.8 Å². The van der Waals surface area contributed by atoms with Crippen molar-refractivity contribution in [1.82, 2.24) is 0 Å². The molecule has 0 heterocycles. The van der Waals surface area contributed by atoms with Gasteiger partial charge in [-0.15, -0.1) is 0 Å². The molecule has 0 amide bonds. The van der Waals surface area contributed by atoms with Gasteiger partial charge in [-0.2, -0.15) is 0 Å². The highest BCUT2D eigenvalue weighted by atomic mass is 16.6. The fraction of sp³-hybridized carbons (Fsp3) is 0.429. The van der Waals surface area contributed by atoms with Gasteiger partial charge in [0.15, 0.2) is 0 Å². The molecule has 1 rings (SSSR count). The standard InChI is InChI=1S/C14H19NO3/c1-2-17-14(16)10-6-7-11-15-18-12-13-8-4-3-5-9-13/h3-5,8-9,11H,2,6-7,10,12H2,1H3/b15-11+. The summed E-state index contributed by atoms with van der Waals surface area (Å²) in [5.41, 5.74) is 1.08. The normalized spacial score (nSPS) is 10.5. The maximum atomic E-state index is 11.0.